The molecule has 0 radical (unpaired) electrons. The maximum atomic E-state index is 12.0. The maximum Gasteiger partial charge on any atom is 0.326 e. The lowest BCUT2D eigenvalue weighted by atomic mass is 10.1. The first-order chi connectivity index (χ1) is 9.97. The van der Waals surface area contributed by atoms with Crippen molar-refractivity contribution in [2.75, 3.05) is 0 Å². The molecule has 0 aliphatic carbocycles. The summed E-state index contributed by atoms with van der Waals surface area (Å²) in [4.78, 5) is 23.3. The van der Waals surface area contributed by atoms with Crippen molar-refractivity contribution in [2.24, 2.45) is 0 Å². The van der Waals surface area contributed by atoms with E-state index in [-0.39, 0.29) is 12.2 Å². The van der Waals surface area contributed by atoms with E-state index in [1.807, 2.05) is 0 Å². The fraction of sp³-hybridized carbons (Fsp3) is 0.200. The van der Waals surface area contributed by atoms with Crippen LogP contribution in [0.5, 0.6) is 5.75 Å². The Bertz CT molecular complexity index is 644. The lowest BCUT2D eigenvalue weighted by molar-refractivity contribution is -0.139. The number of phenols is 1. The monoisotopic (exact) mass is 289 g/mol. The quantitative estimate of drug-likeness (QED) is 0.778. The molecule has 110 valence electrons. The molecule has 21 heavy (non-hydrogen) atoms. The molecule has 1 atom stereocenters. The molecule has 0 spiro atoms. The van der Waals surface area contributed by atoms with E-state index >= 15 is 0 Å². The van der Waals surface area contributed by atoms with E-state index in [2.05, 4.69) is 5.32 Å². The minimum atomic E-state index is -1.13. The van der Waals surface area contributed by atoms with Crippen LogP contribution in [0.1, 0.15) is 21.7 Å². The van der Waals surface area contributed by atoms with Gasteiger partial charge in [-0.25, -0.2) is 4.79 Å². The van der Waals surface area contributed by atoms with Gasteiger partial charge in [0.25, 0.3) is 5.91 Å². The summed E-state index contributed by atoms with van der Waals surface area (Å²) < 4.78 is 5.02. The lowest BCUT2D eigenvalue weighted by Gasteiger charge is -2.14. The van der Waals surface area contributed by atoms with Gasteiger partial charge in [-0.2, -0.15) is 0 Å². The molecule has 0 saturated carbocycles. The van der Waals surface area contributed by atoms with Crippen molar-refractivity contribution in [3.63, 3.8) is 0 Å². The zero-order chi connectivity index (χ0) is 15.4. The van der Waals surface area contributed by atoms with Gasteiger partial charge >= 0.3 is 5.97 Å². The van der Waals surface area contributed by atoms with Gasteiger partial charge in [-0.05, 0) is 30.7 Å². The van der Waals surface area contributed by atoms with Crippen LogP contribution in [0.3, 0.4) is 0 Å². The molecule has 1 heterocycles. The Morgan fingerprint density at radius 1 is 1.24 bits per heavy atom. The number of carboxylic acids is 1. The molecule has 0 saturated heterocycles. The number of phenolic OH excluding ortho intramolecular Hbond substituents is 1. The minimum absolute atomic E-state index is 0.101. The summed E-state index contributed by atoms with van der Waals surface area (Å²) in [5.74, 6) is -1.09. The summed E-state index contributed by atoms with van der Waals surface area (Å²) >= 11 is 0. The van der Waals surface area contributed by atoms with Crippen LogP contribution in [-0.4, -0.2) is 28.1 Å². The van der Waals surface area contributed by atoms with Crippen molar-refractivity contribution in [3.8, 4) is 5.75 Å². The normalized spacial score (nSPS) is 11.9. The molecule has 0 aliphatic rings. The topological polar surface area (TPSA) is 99.8 Å². The van der Waals surface area contributed by atoms with Crippen LogP contribution < -0.4 is 5.32 Å². The molecule has 1 aromatic heterocycles. The number of hydrogen-bond donors (Lipinski definition) is 3. The number of aryl methyl sites for hydroxylation is 1. The third-order valence-electron chi connectivity index (χ3n) is 3.08. The molecular formula is C15H15NO5. The summed E-state index contributed by atoms with van der Waals surface area (Å²) in [5, 5.41) is 20.9. The molecule has 0 unspecified atom stereocenters. The number of benzene rings is 1. The van der Waals surface area contributed by atoms with Gasteiger partial charge in [0.1, 0.15) is 17.6 Å². The highest BCUT2D eigenvalue weighted by molar-refractivity contribution is 5.97. The van der Waals surface area contributed by atoms with E-state index in [0.717, 1.165) is 0 Å². The van der Waals surface area contributed by atoms with Crippen molar-refractivity contribution < 1.29 is 24.2 Å². The highest BCUT2D eigenvalue weighted by atomic mass is 16.4. The number of carbonyl (C=O) groups excluding carboxylic acids is 1. The number of nitrogens with one attached hydrogen (secondary N) is 1. The second kappa shape index (κ2) is 6.13. The number of hydrogen-bond acceptors (Lipinski definition) is 4. The minimum Gasteiger partial charge on any atom is -0.508 e. The second-order valence-electron chi connectivity index (χ2n) is 4.63. The Morgan fingerprint density at radius 2 is 1.90 bits per heavy atom. The van der Waals surface area contributed by atoms with Crippen LogP contribution in [0.4, 0.5) is 0 Å². The van der Waals surface area contributed by atoms with Gasteiger partial charge in [-0.1, -0.05) is 12.1 Å². The van der Waals surface area contributed by atoms with E-state index in [9.17, 15) is 19.8 Å². The summed E-state index contributed by atoms with van der Waals surface area (Å²) in [5.41, 5.74) is 1.01. The van der Waals surface area contributed by atoms with Crippen molar-refractivity contribution in [1.82, 2.24) is 5.32 Å². The third-order valence-corrected chi connectivity index (χ3v) is 3.08. The Morgan fingerprint density at radius 3 is 2.43 bits per heavy atom. The highest BCUT2D eigenvalue weighted by Gasteiger charge is 2.22. The number of aliphatic carboxylic acids is 1. The van der Waals surface area contributed by atoms with Gasteiger partial charge in [0.15, 0.2) is 0 Å². The van der Waals surface area contributed by atoms with Gasteiger partial charge < -0.3 is 19.9 Å². The smallest absolute Gasteiger partial charge is 0.326 e. The Balaban J connectivity index is 2.09. The molecule has 2 rings (SSSR count). The van der Waals surface area contributed by atoms with Crippen LogP contribution in [0.25, 0.3) is 0 Å². The van der Waals surface area contributed by atoms with Crippen LogP contribution in [0.15, 0.2) is 41.0 Å². The Kier molecular flexibility index (Phi) is 4.27. The highest BCUT2D eigenvalue weighted by Crippen LogP contribution is 2.13. The zero-order valence-electron chi connectivity index (χ0n) is 11.4. The van der Waals surface area contributed by atoms with E-state index in [4.69, 9.17) is 4.42 Å². The Hall–Kier alpha value is -2.76. The SMILES string of the molecule is Cc1occc1C(=O)N[C@@H](Cc1ccc(O)cc1)C(=O)O. The van der Waals surface area contributed by atoms with Gasteiger partial charge in [-0.15, -0.1) is 0 Å². The summed E-state index contributed by atoms with van der Waals surface area (Å²) in [6.45, 7) is 1.63. The van der Waals surface area contributed by atoms with Gasteiger partial charge in [0.05, 0.1) is 11.8 Å². The fourth-order valence-corrected chi connectivity index (χ4v) is 1.92. The molecule has 0 fully saturated rings. The van der Waals surface area contributed by atoms with Gasteiger partial charge in [0, 0.05) is 6.42 Å². The average Bonchev–Trinajstić information content (AvgIpc) is 2.86. The first-order valence-corrected chi connectivity index (χ1v) is 6.33. The molecule has 2 aromatic rings. The second-order valence-corrected chi connectivity index (χ2v) is 4.63. The summed E-state index contributed by atoms with van der Waals surface area (Å²) in [6, 6.07) is 6.59. The van der Waals surface area contributed by atoms with Crippen molar-refractivity contribution in [1.29, 1.82) is 0 Å². The van der Waals surface area contributed by atoms with Crippen molar-refractivity contribution >= 4 is 11.9 Å². The zero-order valence-corrected chi connectivity index (χ0v) is 11.4. The lowest BCUT2D eigenvalue weighted by Crippen LogP contribution is -2.42. The fourth-order valence-electron chi connectivity index (χ4n) is 1.92. The summed E-state index contributed by atoms with van der Waals surface area (Å²) in [7, 11) is 0. The number of amides is 1. The third kappa shape index (κ3) is 3.62. The first kappa shape index (κ1) is 14.6. The molecule has 0 bridgehead atoms. The molecule has 0 aliphatic heterocycles. The Labute approximate surface area is 121 Å². The van der Waals surface area contributed by atoms with Crippen LogP contribution in [-0.2, 0) is 11.2 Å². The summed E-state index contributed by atoms with van der Waals surface area (Å²) in [6.07, 6.45) is 1.50. The number of carboxylic acid groups (broad SMARTS) is 1. The van der Waals surface area contributed by atoms with Crippen molar-refractivity contribution in [3.05, 3.63) is 53.5 Å². The molecular weight excluding hydrogens is 274 g/mol. The first-order valence-electron chi connectivity index (χ1n) is 6.33. The number of furan rings is 1. The van der Waals surface area contributed by atoms with Crippen LogP contribution in [0.2, 0.25) is 0 Å². The molecule has 1 amide bonds. The van der Waals surface area contributed by atoms with E-state index in [1.54, 1.807) is 19.1 Å². The van der Waals surface area contributed by atoms with E-state index in [1.165, 1.54) is 24.5 Å². The predicted octanol–water partition coefficient (Wildman–Crippen LogP) is 1.72. The van der Waals surface area contributed by atoms with Crippen LogP contribution >= 0.6 is 0 Å². The number of rotatable bonds is 5. The van der Waals surface area contributed by atoms with E-state index in [0.29, 0.717) is 16.9 Å². The van der Waals surface area contributed by atoms with Gasteiger partial charge in [-0.3, -0.25) is 4.79 Å². The van der Waals surface area contributed by atoms with Gasteiger partial charge in [0.2, 0.25) is 0 Å². The predicted molar refractivity (Wildman–Crippen MR) is 74.1 cm³/mol. The number of carbonyl (C=O) groups is 2. The molecule has 6 nitrogen and oxygen atoms in total. The molecule has 1 aromatic carbocycles. The van der Waals surface area contributed by atoms with Crippen LogP contribution in [0, 0.1) is 6.92 Å². The average molecular weight is 289 g/mol. The molecule has 6 heteroatoms. The maximum absolute atomic E-state index is 12.0. The molecule has 3 N–H and O–H groups in total. The van der Waals surface area contributed by atoms with E-state index < -0.39 is 17.9 Å². The number of aromatic hydroxyl groups is 1. The standard InChI is InChI=1S/C15H15NO5/c1-9-12(6-7-21-9)14(18)16-13(15(19)20)8-10-2-4-11(17)5-3-10/h2-7,13,17H,8H2,1H3,(H,16,18)(H,19,20)/t13-/m0/s1. The van der Waals surface area contributed by atoms with Crippen molar-refractivity contribution in [2.45, 2.75) is 19.4 Å². The largest absolute Gasteiger partial charge is 0.508 e.